The number of fused-ring (bicyclic) bond motifs is 1. The van der Waals surface area contributed by atoms with E-state index in [0.717, 1.165) is 50.4 Å². The van der Waals surface area contributed by atoms with E-state index in [2.05, 4.69) is 31.2 Å². The molecule has 3 aliphatic rings. The molecule has 7 atom stereocenters. The maximum atomic E-state index is 14.6. The normalized spacial score (nSPS) is 18.4. The molecule has 466 valence electrons. The molecule has 5 heterocycles. The highest BCUT2D eigenvalue weighted by atomic mass is 32.1. The molecule has 0 bridgehead atoms. The number of anilines is 1. The number of ether oxygens (including phenoxy) is 1. The van der Waals surface area contributed by atoms with Gasteiger partial charge >= 0.3 is 7.60 Å². The molecule has 9 rings (SSSR count). The minimum absolute atomic E-state index is 0.0344. The minimum atomic E-state index is -5.06. The summed E-state index contributed by atoms with van der Waals surface area (Å²) >= 11 is 1.56. The summed E-state index contributed by atoms with van der Waals surface area (Å²) in [5.41, 5.74) is 12.4. The van der Waals surface area contributed by atoms with Crippen LogP contribution in [0.1, 0.15) is 139 Å². The van der Waals surface area contributed by atoms with Gasteiger partial charge in [-0.2, -0.15) is 0 Å². The van der Waals surface area contributed by atoms with Gasteiger partial charge in [-0.05, 0) is 128 Å². The Morgan fingerprint density at radius 1 is 0.886 bits per heavy atom. The first-order valence-corrected chi connectivity index (χ1v) is 32.1. The van der Waals surface area contributed by atoms with E-state index < -0.39 is 84.4 Å². The number of unbranched alkanes of at least 4 members (excludes halogenated alkanes) is 2. The Labute approximate surface area is 513 Å². The summed E-state index contributed by atoms with van der Waals surface area (Å²) in [6.45, 7) is 11.2. The number of aromatic amines is 1. The van der Waals surface area contributed by atoms with Crippen molar-refractivity contribution in [3.63, 3.8) is 0 Å². The van der Waals surface area contributed by atoms with E-state index in [-0.39, 0.29) is 80.8 Å². The van der Waals surface area contributed by atoms with E-state index in [9.17, 15) is 57.8 Å². The standard InChI is InChI=1S/C64H76N9O13PS/c1-35-15-16-38(11-8-7-9-14-54(76)71-57(64(4,5)6)62(81)72-32-46(74)31-50(72)59(78)67-36(2)39-17-19-41(20-18-39)56-37(3)66-34-88-56)27-52(35)86-33-45(23-26-53(65)75)68-60(79)51-30-42-13-10-12-40-21-25-48(61(80)73(51)55(40)42)70-58(77)49-29-44-28-43(22-24-47(44)69-49)63(82)87(83,84)85/h10,12-13,15-20,22,24,27-29,34,36,45-46,48,50-51,57,69,74H,7-9,11,14,21,23,25-26,30-33H2,1-6H3,(H2,65,75)(H,67,78)(H,68,79)(H,70,77)(H,71,76)(H2,83,84,85)/t36-,45-,46+,48-,50-,51-,57+/m0/s1. The van der Waals surface area contributed by atoms with Crippen molar-refractivity contribution in [2.24, 2.45) is 11.1 Å². The summed E-state index contributed by atoms with van der Waals surface area (Å²) < 4.78 is 18.0. The molecule has 7 amide bonds. The van der Waals surface area contributed by atoms with E-state index in [1.165, 1.54) is 34.1 Å². The zero-order valence-electron chi connectivity index (χ0n) is 50.1. The molecule has 24 heteroatoms. The molecule has 1 fully saturated rings. The highest BCUT2D eigenvalue weighted by Gasteiger charge is 2.46. The fourth-order valence-corrected chi connectivity index (χ4v) is 13.1. The Morgan fingerprint density at radius 2 is 1.62 bits per heavy atom. The second-order valence-corrected chi connectivity index (χ2v) is 26.7. The lowest BCUT2D eigenvalue weighted by atomic mass is 9.85. The number of para-hydroxylation sites is 1. The van der Waals surface area contributed by atoms with Gasteiger partial charge in [-0.15, -0.1) is 11.3 Å². The van der Waals surface area contributed by atoms with Gasteiger partial charge in [-0.3, -0.25) is 47.8 Å². The predicted octanol–water partition coefficient (Wildman–Crippen LogP) is 6.53. The van der Waals surface area contributed by atoms with Crippen LogP contribution in [0.5, 0.6) is 5.75 Å². The maximum absolute atomic E-state index is 14.6. The molecule has 10 N–H and O–H groups in total. The van der Waals surface area contributed by atoms with Crippen LogP contribution in [0.25, 0.3) is 21.3 Å². The molecule has 88 heavy (non-hydrogen) atoms. The van der Waals surface area contributed by atoms with Crippen LogP contribution < -0.4 is 36.6 Å². The van der Waals surface area contributed by atoms with Crippen LogP contribution in [0.2, 0.25) is 0 Å². The molecule has 3 aliphatic heterocycles. The third kappa shape index (κ3) is 15.1. The zero-order valence-corrected chi connectivity index (χ0v) is 51.8. The van der Waals surface area contributed by atoms with Crippen LogP contribution in [0.3, 0.4) is 0 Å². The number of rotatable bonds is 24. The Bertz CT molecular complexity index is 3700. The highest BCUT2D eigenvalue weighted by Crippen LogP contribution is 2.41. The van der Waals surface area contributed by atoms with Gasteiger partial charge in [0.1, 0.15) is 42.2 Å². The molecule has 22 nitrogen and oxygen atoms in total. The molecular formula is C64H76N9O13PS. The third-order valence-corrected chi connectivity index (χ3v) is 18.4. The molecule has 1 saturated heterocycles. The molecule has 0 radical (unpaired) electrons. The van der Waals surface area contributed by atoms with Gasteiger partial charge in [0.2, 0.25) is 35.4 Å². The Balaban J connectivity index is 0.769. The third-order valence-electron chi connectivity index (χ3n) is 16.6. The number of carbonyl (C=O) groups is 8. The Kier molecular flexibility index (Phi) is 19.8. The summed E-state index contributed by atoms with van der Waals surface area (Å²) in [4.78, 5) is 139. The Morgan fingerprint density at radius 3 is 2.33 bits per heavy atom. The average Bonchev–Trinajstić information content (AvgIpc) is 2.21. The van der Waals surface area contributed by atoms with Gasteiger partial charge in [-0.1, -0.05) is 81.8 Å². The number of hydrogen-bond donors (Lipinski definition) is 9. The average molecular weight is 1240 g/mol. The summed E-state index contributed by atoms with van der Waals surface area (Å²) in [6, 6.07) is 19.6. The van der Waals surface area contributed by atoms with Crippen LogP contribution in [-0.4, -0.2) is 126 Å². The number of hydrogen-bond acceptors (Lipinski definition) is 13. The van der Waals surface area contributed by atoms with Crippen molar-refractivity contribution in [1.82, 2.24) is 36.1 Å². The number of likely N-dealkylation sites (tertiary alicyclic amines) is 1. The first-order chi connectivity index (χ1) is 41.7. The summed E-state index contributed by atoms with van der Waals surface area (Å²) in [6.07, 6.45) is 2.82. The van der Waals surface area contributed by atoms with E-state index in [1.807, 2.05) is 102 Å². The number of thiazole rings is 1. The number of primary amides is 1. The maximum Gasteiger partial charge on any atom is 0.396 e. The molecule has 0 saturated carbocycles. The fourth-order valence-electron chi connectivity index (χ4n) is 11.8. The summed E-state index contributed by atoms with van der Waals surface area (Å²) in [7, 11) is -5.06. The minimum Gasteiger partial charge on any atom is -0.491 e. The van der Waals surface area contributed by atoms with Gasteiger partial charge in [0.25, 0.3) is 11.4 Å². The SMILES string of the molecule is Cc1ccc(CCCCCC(=O)N[C@H](C(=O)N2C[C@H](O)C[C@H]2C(=O)N[C@@H](C)c2ccc(-c3scnc3C)cc2)C(C)(C)C)cc1OC[C@H](CCC(N)=O)NC(=O)[C@@H]1Cc2cccc3c2N1C(=O)[C@@H](NC(=O)c1cc2cc(C(=O)P(=O)(O)O)ccc2[nH]1)CC3. The highest BCUT2D eigenvalue weighted by molar-refractivity contribution is 7.70. The van der Waals surface area contributed by atoms with Crippen molar-refractivity contribution in [2.45, 2.75) is 155 Å². The van der Waals surface area contributed by atoms with Crippen molar-refractivity contribution in [1.29, 1.82) is 0 Å². The van der Waals surface area contributed by atoms with Crippen LogP contribution >= 0.6 is 18.9 Å². The fraction of sp³-hybridized carbons (Fsp3) is 0.422. The van der Waals surface area contributed by atoms with Crippen LogP contribution in [0.4, 0.5) is 5.69 Å². The number of aryl methyl sites for hydroxylation is 4. The first-order valence-electron chi connectivity index (χ1n) is 29.6. The smallest absolute Gasteiger partial charge is 0.396 e. The topological polar surface area (TPSA) is 333 Å². The summed E-state index contributed by atoms with van der Waals surface area (Å²) in [5, 5.41) is 22.9. The van der Waals surface area contributed by atoms with Crippen LogP contribution in [0, 0.1) is 19.3 Å². The first kappa shape index (κ1) is 64.4. The predicted molar refractivity (Wildman–Crippen MR) is 331 cm³/mol. The number of nitrogens with two attached hydrogens (primary N) is 1. The number of carbonyl (C=O) groups excluding carboxylic acids is 8. The number of H-pyrrole nitrogens is 1. The number of nitrogens with zero attached hydrogens (tertiary/aromatic N) is 3. The number of nitrogens with one attached hydrogen (secondary N) is 5. The molecule has 2 aromatic heterocycles. The largest absolute Gasteiger partial charge is 0.491 e. The van der Waals surface area contributed by atoms with Crippen molar-refractivity contribution in [3.05, 3.63) is 135 Å². The quantitative estimate of drug-likeness (QED) is 0.0230. The van der Waals surface area contributed by atoms with Crippen molar-refractivity contribution in [3.8, 4) is 16.2 Å². The number of amides is 7. The molecule has 0 aliphatic carbocycles. The van der Waals surface area contributed by atoms with Gasteiger partial charge in [-0.25, -0.2) is 4.98 Å². The van der Waals surface area contributed by atoms with Crippen LogP contribution in [0.15, 0.2) is 90.4 Å². The van der Waals surface area contributed by atoms with Crippen molar-refractivity contribution in [2.75, 3.05) is 18.1 Å². The monoisotopic (exact) mass is 1240 g/mol. The van der Waals surface area contributed by atoms with Gasteiger partial charge < -0.3 is 56.5 Å². The van der Waals surface area contributed by atoms with E-state index in [1.54, 1.807) is 16.8 Å². The second-order valence-electron chi connectivity index (χ2n) is 24.3. The number of aromatic nitrogens is 2. The van der Waals surface area contributed by atoms with E-state index in [0.29, 0.717) is 48.0 Å². The van der Waals surface area contributed by atoms with Gasteiger partial charge in [0.15, 0.2) is 0 Å². The lowest BCUT2D eigenvalue weighted by Crippen LogP contribution is -2.57. The van der Waals surface area contributed by atoms with Crippen molar-refractivity contribution < 1.29 is 62.6 Å². The van der Waals surface area contributed by atoms with Crippen molar-refractivity contribution >= 4 is 82.4 Å². The van der Waals surface area contributed by atoms with Crippen LogP contribution in [-0.2, 0) is 52.6 Å². The Hall–Kier alpha value is -8.08. The number of aliphatic hydroxyl groups excluding tert-OH is 1. The number of aliphatic hydroxyl groups is 1. The zero-order chi connectivity index (χ0) is 63.4. The van der Waals surface area contributed by atoms with Gasteiger partial charge in [0.05, 0.1) is 40.0 Å². The second kappa shape index (κ2) is 27.1. The molecule has 4 aromatic carbocycles. The number of β-amino-alcohol motifs (C(OH)–C–C–N with tert-alkyl or cyclic N) is 1. The molecule has 0 unspecified atom stereocenters. The molecular weight excluding hydrogens is 1170 g/mol. The molecule has 0 spiro atoms. The molecule has 6 aromatic rings. The summed E-state index contributed by atoms with van der Waals surface area (Å²) in [5.74, 6) is -2.80. The van der Waals surface area contributed by atoms with E-state index in [4.69, 9.17) is 10.5 Å². The van der Waals surface area contributed by atoms with E-state index >= 15 is 0 Å². The number of benzene rings is 4. The lowest BCUT2D eigenvalue weighted by Gasteiger charge is -2.35. The lowest BCUT2D eigenvalue weighted by molar-refractivity contribution is -0.144. The van der Waals surface area contributed by atoms with Gasteiger partial charge in [0, 0.05) is 48.7 Å².